The minimum absolute atomic E-state index is 0.176. The maximum atomic E-state index is 11.8. The number of halogens is 3. The Labute approximate surface area is 59.7 Å². The van der Waals surface area contributed by atoms with Crippen molar-refractivity contribution >= 4 is 22.1 Å². The van der Waals surface area contributed by atoms with Gasteiger partial charge in [0.25, 0.3) is 0 Å². The zero-order chi connectivity index (χ0) is 7.28. The van der Waals surface area contributed by atoms with Crippen molar-refractivity contribution in [3.8, 4) is 0 Å². The third-order valence-electron chi connectivity index (χ3n) is 0.518. The zero-order valence-electron chi connectivity index (χ0n) is 4.37. The summed E-state index contributed by atoms with van der Waals surface area (Å²) in [5.41, 5.74) is 0. The van der Waals surface area contributed by atoms with Crippen molar-refractivity contribution in [3.05, 3.63) is 22.7 Å². The summed E-state index contributed by atoms with van der Waals surface area (Å²) >= 11 is 2.79. The lowest BCUT2D eigenvalue weighted by molar-refractivity contribution is 0.606. The van der Waals surface area contributed by atoms with E-state index in [1.165, 1.54) is 0 Å². The Morgan fingerprint density at radius 2 is 2.11 bits per heavy atom. The molecule has 9 heavy (non-hydrogen) atoms. The molecule has 0 rings (SSSR count). The standard InChI is InChI=1S/C5H4BrF2N/c6-4(3-9)1-5(8)2-7/h1-3,9H/b4-1+,5-2-,9-3?. The SMILES string of the molecule is N=C/C(Br)=C\C(F)=C\F. The van der Waals surface area contributed by atoms with Crippen molar-refractivity contribution in [2.45, 2.75) is 0 Å². The molecule has 1 N–H and O–H groups in total. The van der Waals surface area contributed by atoms with Crippen molar-refractivity contribution in [2.24, 2.45) is 0 Å². The Balaban J connectivity index is 4.11. The van der Waals surface area contributed by atoms with Gasteiger partial charge in [0, 0.05) is 10.7 Å². The first-order chi connectivity index (χ1) is 4.20. The van der Waals surface area contributed by atoms with E-state index in [2.05, 4.69) is 15.9 Å². The molecule has 0 aliphatic rings. The van der Waals surface area contributed by atoms with Crippen LogP contribution in [0.25, 0.3) is 0 Å². The van der Waals surface area contributed by atoms with Gasteiger partial charge in [-0.25, -0.2) is 8.78 Å². The van der Waals surface area contributed by atoms with Crippen LogP contribution in [-0.2, 0) is 0 Å². The lowest BCUT2D eigenvalue weighted by Crippen LogP contribution is -1.69. The number of allylic oxidation sites excluding steroid dienone is 3. The molecule has 0 spiro atoms. The molecule has 0 aliphatic carbocycles. The Bertz CT molecular complexity index is 162. The fourth-order valence-corrected chi connectivity index (χ4v) is 0.424. The minimum Gasteiger partial charge on any atom is -0.308 e. The zero-order valence-corrected chi connectivity index (χ0v) is 5.95. The molecule has 0 aromatic rings. The van der Waals surface area contributed by atoms with Gasteiger partial charge >= 0.3 is 0 Å². The van der Waals surface area contributed by atoms with Crippen LogP contribution in [0.4, 0.5) is 8.78 Å². The van der Waals surface area contributed by atoms with Crippen LogP contribution in [0.5, 0.6) is 0 Å². The second-order valence-corrected chi connectivity index (χ2v) is 2.08. The van der Waals surface area contributed by atoms with Crippen molar-refractivity contribution in [3.63, 3.8) is 0 Å². The van der Waals surface area contributed by atoms with E-state index in [0.29, 0.717) is 0 Å². The quantitative estimate of drug-likeness (QED) is 0.518. The van der Waals surface area contributed by atoms with Gasteiger partial charge in [0.2, 0.25) is 0 Å². The van der Waals surface area contributed by atoms with E-state index >= 15 is 0 Å². The summed E-state index contributed by atoms with van der Waals surface area (Å²) in [6.45, 7) is 0. The minimum atomic E-state index is -1.01. The van der Waals surface area contributed by atoms with Crippen LogP contribution in [0.1, 0.15) is 0 Å². The number of rotatable bonds is 2. The van der Waals surface area contributed by atoms with Crippen LogP contribution in [0.3, 0.4) is 0 Å². The van der Waals surface area contributed by atoms with Crippen molar-refractivity contribution in [2.75, 3.05) is 0 Å². The van der Waals surface area contributed by atoms with Gasteiger partial charge in [-0.1, -0.05) is 0 Å². The van der Waals surface area contributed by atoms with Crippen molar-refractivity contribution in [1.29, 1.82) is 5.41 Å². The van der Waals surface area contributed by atoms with E-state index in [0.717, 1.165) is 12.3 Å². The van der Waals surface area contributed by atoms with Gasteiger partial charge in [0.1, 0.15) is 6.33 Å². The maximum Gasteiger partial charge on any atom is 0.152 e. The molecule has 0 radical (unpaired) electrons. The average Bonchev–Trinajstić information content (AvgIpc) is 1.87. The van der Waals surface area contributed by atoms with Gasteiger partial charge in [-0.3, -0.25) is 0 Å². The van der Waals surface area contributed by atoms with Gasteiger partial charge in [-0.15, -0.1) is 0 Å². The van der Waals surface area contributed by atoms with Crippen molar-refractivity contribution < 1.29 is 8.78 Å². The molecule has 0 saturated heterocycles. The summed E-state index contributed by atoms with van der Waals surface area (Å²) in [7, 11) is 0. The van der Waals surface area contributed by atoms with Crippen LogP contribution < -0.4 is 0 Å². The first-order valence-electron chi connectivity index (χ1n) is 2.04. The average molecular weight is 196 g/mol. The van der Waals surface area contributed by atoms with E-state index < -0.39 is 5.83 Å². The largest absolute Gasteiger partial charge is 0.308 e. The molecule has 0 aromatic carbocycles. The molecule has 0 fully saturated rings. The molecule has 0 atom stereocenters. The van der Waals surface area contributed by atoms with Gasteiger partial charge < -0.3 is 5.41 Å². The Kier molecular flexibility index (Phi) is 4.13. The molecular formula is C5H4BrF2N. The van der Waals surface area contributed by atoms with Crippen LogP contribution in [-0.4, -0.2) is 6.21 Å². The van der Waals surface area contributed by atoms with Crippen LogP contribution >= 0.6 is 15.9 Å². The lowest BCUT2D eigenvalue weighted by atomic mass is 10.5. The predicted octanol–water partition coefficient (Wildman–Crippen LogP) is 2.70. The fourth-order valence-electron chi connectivity index (χ4n) is 0.205. The van der Waals surface area contributed by atoms with Gasteiger partial charge in [-0.2, -0.15) is 0 Å². The van der Waals surface area contributed by atoms with E-state index in [9.17, 15) is 8.78 Å². The van der Waals surface area contributed by atoms with Gasteiger partial charge in [0.05, 0.1) is 0 Å². The molecule has 0 aliphatic heterocycles. The molecular weight excluding hydrogens is 192 g/mol. The third-order valence-corrected chi connectivity index (χ3v) is 0.976. The lowest BCUT2D eigenvalue weighted by Gasteiger charge is -1.82. The second kappa shape index (κ2) is 4.38. The summed E-state index contributed by atoms with van der Waals surface area (Å²) in [5, 5.41) is 6.52. The first kappa shape index (κ1) is 8.49. The Morgan fingerprint density at radius 1 is 1.56 bits per heavy atom. The molecule has 0 heterocycles. The molecule has 0 saturated carbocycles. The second-order valence-electron chi connectivity index (χ2n) is 1.17. The normalized spacial score (nSPS) is 13.7. The fraction of sp³-hybridized carbons (Fsp3) is 0. The highest BCUT2D eigenvalue weighted by Crippen LogP contribution is 2.07. The number of nitrogens with one attached hydrogen (secondary N) is 1. The Hall–Kier alpha value is -0.510. The topological polar surface area (TPSA) is 23.9 Å². The summed E-state index contributed by atoms with van der Waals surface area (Å²) in [5.74, 6) is -1.01. The van der Waals surface area contributed by atoms with Crippen molar-refractivity contribution in [1.82, 2.24) is 0 Å². The summed E-state index contributed by atoms with van der Waals surface area (Å²) in [6.07, 6.45) is 1.54. The van der Waals surface area contributed by atoms with Crippen LogP contribution in [0.2, 0.25) is 0 Å². The molecule has 50 valence electrons. The van der Waals surface area contributed by atoms with Crippen LogP contribution in [0.15, 0.2) is 22.7 Å². The van der Waals surface area contributed by atoms with E-state index in [-0.39, 0.29) is 10.8 Å². The molecule has 0 aromatic heterocycles. The highest BCUT2D eigenvalue weighted by Gasteiger charge is 1.88. The molecule has 1 nitrogen and oxygen atoms in total. The molecule has 0 bridgehead atoms. The summed E-state index contributed by atoms with van der Waals surface area (Å²) in [6, 6.07) is 0. The van der Waals surface area contributed by atoms with Crippen LogP contribution in [0, 0.1) is 5.41 Å². The molecule has 0 unspecified atom stereocenters. The molecule has 4 heteroatoms. The highest BCUT2D eigenvalue weighted by atomic mass is 79.9. The van der Waals surface area contributed by atoms with E-state index in [1.807, 2.05) is 0 Å². The molecule has 0 amide bonds. The number of hydrogen-bond donors (Lipinski definition) is 1. The maximum absolute atomic E-state index is 11.8. The monoisotopic (exact) mass is 195 g/mol. The van der Waals surface area contributed by atoms with E-state index in [4.69, 9.17) is 5.41 Å². The summed E-state index contributed by atoms with van der Waals surface area (Å²) < 4.78 is 23.2. The predicted molar refractivity (Wildman–Crippen MR) is 36.1 cm³/mol. The first-order valence-corrected chi connectivity index (χ1v) is 2.83. The third kappa shape index (κ3) is 4.02. The summed E-state index contributed by atoms with van der Waals surface area (Å²) in [4.78, 5) is 0. The highest BCUT2D eigenvalue weighted by molar-refractivity contribution is 9.12. The van der Waals surface area contributed by atoms with Gasteiger partial charge in [0.15, 0.2) is 5.83 Å². The van der Waals surface area contributed by atoms with Gasteiger partial charge in [-0.05, 0) is 22.0 Å². The number of hydrogen-bond acceptors (Lipinski definition) is 1. The Morgan fingerprint density at radius 3 is 2.44 bits per heavy atom. The van der Waals surface area contributed by atoms with E-state index in [1.54, 1.807) is 0 Å². The smallest absolute Gasteiger partial charge is 0.152 e.